The number of piperidine rings is 1. The molecule has 306 valence electrons. The monoisotopic (exact) mass is 802 g/mol. The van der Waals surface area contributed by atoms with Crippen molar-refractivity contribution in [1.29, 1.82) is 0 Å². The zero-order chi connectivity index (χ0) is 40.9. The molecule has 0 radical (unpaired) electrons. The lowest BCUT2D eigenvalue weighted by Gasteiger charge is -2.49. The van der Waals surface area contributed by atoms with Crippen molar-refractivity contribution in [3.63, 3.8) is 0 Å². The van der Waals surface area contributed by atoms with E-state index >= 15 is 8.78 Å². The molecule has 9 rings (SSSR count). The van der Waals surface area contributed by atoms with Crippen LogP contribution in [-0.4, -0.2) is 93.5 Å². The number of carbonyl (C=O) groups is 1. The number of carbonyl (C=O) groups excluding carboxylic acids is 1. The quantitative estimate of drug-likeness (QED) is 0.142. The molecule has 14 heteroatoms. The Morgan fingerprint density at radius 3 is 2.45 bits per heavy atom. The maximum atomic E-state index is 17.4. The maximum absolute atomic E-state index is 17.4. The van der Waals surface area contributed by atoms with Crippen molar-refractivity contribution < 1.29 is 36.2 Å². The predicted molar refractivity (Wildman–Crippen MR) is 209 cm³/mol. The molecule has 4 aliphatic heterocycles. The van der Waals surface area contributed by atoms with Crippen molar-refractivity contribution in [2.24, 2.45) is 17.3 Å². The molecule has 2 aromatic carbocycles. The molecular weight excluding hydrogens is 756 g/mol. The minimum atomic E-state index is -4.18. The van der Waals surface area contributed by atoms with Crippen LogP contribution in [0.25, 0.3) is 32.9 Å². The molecule has 5 aliphatic rings. The van der Waals surface area contributed by atoms with E-state index in [-0.39, 0.29) is 77.8 Å². The third-order valence-electron chi connectivity index (χ3n) is 13.0. The molecule has 1 amide bonds. The van der Waals surface area contributed by atoms with Crippen LogP contribution in [0.1, 0.15) is 77.5 Å². The number of aromatic nitrogens is 3. The van der Waals surface area contributed by atoms with Gasteiger partial charge in [-0.25, -0.2) is 18.6 Å². The smallest absolute Gasteiger partial charge is 0.410 e. The van der Waals surface area contributed by atoms with Gasteiger partial charge in [0.05, 0.1) is 47.3 Å². The highest BCUT2D eigenvalue weighted by atomic mass is 19.4. The lowest BCUT2D eigenvalue weighted by Crippen LogP contribution is -2.63. The Kier molecular flexibility index (Phi) is 9.30. The van der Waals surface area contributed by atoms with Crippen molar-refractivity contribution in [2.75, 3.05) is 37.7 Å². The Morgan fingerprint density at radius 1 is 1.00 bits per heavy atom. The van der Waals surface area contributed by atoms with Crippen LogP contribution in [0.4, 0.5) is 32.6 Å². The number of hydrogen-bond acceptors (Lipinski definition) is 8. The predicted octanol–water partition coefficient (Wildman–Crippen LogP) is 8.69. The van der Waals surface area contributed by atoms with Gasteiger partial charge in [0.1, 0.15) is 28.4 Å². The number of terminal acetylenes is 1. The standard InChI is InChI=1S/C44H47F5N6O3/c1-6-28-30(45)12-10-25-8-7-9-29(33(25)28)36-35(46)37-34-31(50-36)20-24(2)38-32-13-11-27(55(32)41(56)58-42(3,4)5)21-54(38)39(34)52-40(51-37)57-23-43(16-17-43)22-53-18-14-26(15-19-53)44(47,48)49/h1,7-10,12,24,26-27,32,38H,11,13-23H2,2-5H3/t24-,27+,32-,38-/m0/s1. The molecule has 3 saturated heterocycles. The first-order valence-corrected chi connectivity index (χ1v) is 20.3. The number of pyridine rings is 1. The molecule has 58 heavy (non-hydrogen) atoms. The summed E-state index contributed by atoms with van der Waals surface area (Å²) in [4.78, 5) is 34.6. The Balaban J connectivity index is 1.13. The number of likely N-dealkylation sites (tertiary alicyclic amines) is 1. The molecule has 0 unspecified atom stereocenters. The van der Waals surface area contributed by atoms with E-state index in [1.54, 1.807) is 24.3 Å². The van der Waals surface area contributed by atoms with Crippen LogP contribution in [0.15, 0.2) is 30.3 Å². The largest absolute Gasteiger partial charge is 0.463 e. The van der Waals surface area contributed by atoms with E-state index in [1.807, 2.05) is 25.7 Å². The number of anilines is 1. The molecule has 0 N–H and O–H groups in total. The van der Waals surface area contributed by atoms with Crippen molar-refractivity contribution in [2.45, 2.75) is 103 Å². The molecule has 2 aromatic heterocycles. The minimum Gasteiger partial charge on any atom is -0.463 e. The summed E-state index contributed by atoms with van der Waals surface area (Å²) in [7, 11) is 0. The first kappa shape index (κ1) is 38.7. The van der Waals surface area contributed by atoms with Crippen molar-refractivity contribution in [3.8, 4) is 29.6 Å². The molecule has 4 atom stereocenters. The Labute approximate surface area is 334 Å². The molecule has 0 spiro atoms. The number of amides is 1. The van der Waals surface area contributed by atoms with Gasteiger partial charge in [-0.05, 0) is 96.2 Å². The first-order chi connectivity index (χ1) is 27.5. The van der Waals surface area contributed by atoms with Gasteiger partial charge >= 0.3 is 18.3 Å². The summed E-state index contributed by atoms with van der Waals surface area (Å²) in [5, 5.41) is 1.46. The minimum absolute atomic E-state index is 0.00813. The van der Waals surface area contributed by atoms with Gasteiger partial charge in [-0.15, -0.1) is 6.42 Å². The number of alkyl halides is 3. The van der Waals surface area contributed by atoms with Gasteiger partial charge in [0, 0.05) is 29.5 Å². The van der Waals surface area contributed by atoms with Crippen LogP contribution in [0.5, 0.6) is 6.01 Å². The number of benzene rings is 2. The fourth-order valence-electron chi connectivity index (χ4n) is 10.1. The highest BCUT2D eigenvalue weighted by Crippen LogP contribution is 2.49. The second-order valence-electron chi connectivity index (χ2n) is 18.1. The zero-order valence-corrected chi connectivity index (χ0v) is 33.1. The highest BCUT2D eigenvalue weighted by molar-refractivity contribution is 6.03. The van der Waals surface area contributed by atoms with Gasteiger partial charge in [-0.3, -0.25) is 4.90 Å². The van der Waals surface area contributed by atoms with E-state index in [9.17, 15) is 18.0 Å². The van der Waals surface area contributed by atoms with Crippen LogP contribution in [0.3, 0.4) is 0 Å². The average molecular weight is 803 g/mol. The van der Waals surface area contributed by atoms with Crippen LogP contribution >= 0.6 is 0 Å². The summed E-state index contributed by atoms with van der Waals surface area (Å²) in [5.74, 6) is 0.261. The summed E-state index contributed by atoms with van der Waals surface area (Å²) in [6, 6.07) is 7.52. The van der Waals surface area contributed by atoms with E-state index in [0.29, 0.717) is 65.8 Å². The molecule has 4 aromatic rings. The Morgan fingerprint density at radius 2 is 1.76 bits per heavy atom. The van der Waals surface area contributed by atoms with E-state index in [0.717, 1.165) is 25.7 Å². The normalized spacial score (nSPS) is 24.4. The molecule has 4 fully saturated rings. The van der Waals surface area contributed by atoms with E-state index in [2.05, 4.69) is 22.6 Å². The van der Waals surface area contributed by atoms with Crippen molar-refractivity contribution in [3.05, 3.63) is 53.2 Å². The van der Waals surface area contributed by atoms with E-state index in [4.69, 9.17) is 30.8 Å². The number of halogens is 5. The van der Waals surface area contributed by atoms with Crippen LogP contribution < -0.4 is 9.64 Å². The fourth-order valence-corrected chi connectivity index (χ4v) is 10.1. The van der Waals surface area contributed by atoms with Crippen molar-refractivity contribution in [1.82, 2.24) is 24.8 Å². The lowest BCUT2D eigenvalue weighted by molar-refractivity contribution is -0.185. The second kappa shape index (κ2) is 13.9. The highest BCUT2D eigenvalue weighted by Gasteiger charge is 2.53. The second-order valence-corrected chi connectivity index (χ2v) is 18.1. The number of fused-ring (bicyclic) bond motifs is 6. The number of nitrogens with zero attached hydrogens (tertiary/aromatic N) is 6. The molecule has 2 bridgehead atoms. The fraction of sp³-hybridized carbons (Fsp3) is 0.545. The third kappa shape index (κ3) is 6.76. The van der Waals surface area contributed by atoms with Gasteiger partial charge in [0.2, 0.25) is 0 Å². The molecule has 1 saturated carbocycles. The molecule has 9 nitrogen and oxygen atoms in total. The number of rotatable bonds is 6. The molecule has 1 aliphatic carbocycles. The van der Waals surface area contributed by atoms with E-state index in [1.165, 1.54) is 6.07 Å². The van der Waals surface area contributed by atoms with Crippen molar-refractivity contribution >= 4 is 33.6 Å². The average Bonchev–Trinajstić information content (AvgIpc) is 3.88. The van der Waals surface area contributed by atoms with Gasteiger partial charge < -0.3 is 19.3 Å². The molecular formula is C44H47F5N6O3. The van der Waals surface area contributed by atoms with Crippen LogP contribution in [-0.2, 0) is 11.2 Å². The SMILES string of the molecule is C#Cc1c(F)ccc2cccc(-c3nc4c5c(nc(OCC6(CN7CCC(C(F)(F)F)CC7)CC6)nc5c3F)N3C[C@H]5CC[C@@H]([C@@H]3[C@@H](C)C4)N5C(=O)OC(C)(C)C)c12. The van der Waals surface area contributed by atoms with Crippen LogP contribution in [0.2, 0.25) is 0 Å². The van der Waals surface area contributed by atoms with Gasteiger partial charge in [0.25, 0.3) is 0 Å². The van der Waals surface area contributed by atoms with Gasteiger partial charge in [-0.1, -0.05) is 37.1 Å². The van der Waals surface area contributed by atoms with Crippen LogP contribution in [0, 0.1) is 41.2 Å². The molecule has 6 heterocycles. The number of ether oxygens (including phenoxy) is 2. The summed E-state index contributed by atoms with van der Waals surface area (Å²) >= 11 is 0. The maximum Gasteiger partial charge on any atom is 0.410 e. The summed E-state index contributed by atoms with van der Waals surface area (Å²) < 4.78 is 85.1. The van der Waals surface area contributed by atoms with Gasteiger partial charge in [-0.2, -0.15) is 23.1 Å². The first-order valence-electron chi connectivity index (χ1n) is 20.3. The van der Waals surface area contributed by atoms with Gasteiger partial charge in [0.15, 0.2) is 5.82 Å². The zero-order valence-electron chi connectivity index (χ0n) is 33.1. The summed E-state index contributed by atoms with van der Waals surface area (Å²) in [6.07, 6.45) is 5.05. The number of hydrogen-bond donors (Lipinski definition) is 0. The topological polar surface area (TPSA) is 83.9 Å². The lowest BCUT2D eigenvalue weighted by atomic mass is 9.88. The summed E-state index contributed by atoms with van der Waals surface area (Å²) in [5.41, 5.74) is -0.0397. The number of piperazine rings is 1. The Hall–Kier alpha value is -4.77. The van der Waals surface area contributed by atoms with E-state index < -0.39 is 29.3 Å². The third-order valence-corrected chi connectivity index (χ3v) is 13.0. The summed E-state index contributed by atoms with van der Waals surface area (Å²) in [6.45, 7) is 9.63. The Bertz CT molecular complexity index is 2350.